The first-order chi connectivity index (χ1) is 16.5. The molecule has 2 amide bonds. The Bertz CT molecular complexity index is 1040. The molecule has 2 saturated heterocycles. The van der Waals surface area contributed by atoms with E-state index < -0.39 is 0 Å². The normalized spacial score (nSPS) is 23.5. The Morgan fingerprint density at radius 1 is 0.853 bits per heavy atom. The third-order valence-corrected chi connectivity index (χ3v) is 8.31. The zero-order valence-electron chi connectivity index (χ0n) is 20.0. The van der Waals surface area contributed by atoms with Crippen molar-refractivity contribution in [3.8, 4) is 0 Å². The summed E-state index contributed by atoms with van der Waals surface area (Å²) >= 11 is 5.97. The van der Waals surface area contributed by atoms with E-state index in [1.807, 2.05) is 24.0 Å². The number of halogens is 1. The predicted molar refractivity (Wildman–Crippen MR) is 134 cm³/mol. The van der Waals surface area contributed by atoms with E-state index in [2.05, 4.69) is 4.90 Å². The van der Waals surface area contributed by atoms with Crippen molar-refractivity contribution in [2.24, 2.45) is 5.92 Å². The highest BCUT2D eigenvalue weighted by Crippen LogP contribution is 2.37. The molecule has 2 atom stereocenters. The van der Waals surface area contributed by atoms with Gasteiger partial charge in [0.15, 0.2) is 0 Å². The van der Waals surface area contributed by atoms with Gasteiger partial charge in [-0.15, -0.1) is 0 Å². The molecule has 1 aromatic carbocycles. The minimum Gasteiger partial charge on any atom is -0.339 e. The van der Waals surface area contributed by atoms with Crippen molar-refractivity contribution in [3.63, 3.8) is 0 Å². The number of pyridine rings is 1. The van der Waals surface area contributed by atoms with Gasteiger partial charge < -0.3 is 9.80 Å². The second-order valence-corrected chi connectivity index (χ2v) is 10.6. The molecule has 0 bridgehead atoms. The van der Waals surface area contributed by atoms with Crippen LogP contribution in [0.15, 0.2) is 36.4 Å². The Balaban J connectivity index is 1.32. The van der Waals surface area contributed by atoms with Crippen LogP contribution in [0.5, 0.6) is 0 Å². The molecule has 6 heteroatoms. The summed E-state index contributed by atoms with van der Waals surface area (Å²) in [5.74, 6) is 1.06. The van der Waals surface area contributed by atoms with Gasteiger partial charge in [0.25, 0.3) is 11.8 Å². The molecule has 5 rings (SSSR count). The van der Waals surface area contributed by atoms with Gasteiger partial charge in [-0.05, 0) is 87.8 Å². The van der Waals surface area contributed by atoms with Crippen molar-refractivity contribution >= 4 is 23.4 Å². The Hall–Kier alpha value is -2.40. The summed E-state index contributed by atoms with van der Waals surface area (Å²) in [5, 5.41) is 0.631. The van der Waals surface area contributed by atoms with Gasteiger partial charge in [0, 0.05) is 47.9 Å². The molecule has 0 N–H and O–H groups in total. The number of aromatic nitrogens is 1. The van der Waals surface area contributed by atoms with Crippen molar-refractivity contribution in [1.29, 1.82) is 0 Å². The van der Waals surface area contributed by atoms with Crippen LogP contribution in [0.25, 0.3) is 0 Å². The zero-order valence-corrected chi connectivity index (χ0v) is 20.8. The summed E-state index contributed by atoms with van der Waals surface area (Å²) in [6, 6.07) is 11.4. The maximum atomic E-state index is 13.8. The first kappa shape index (κ1) is 23.3. The van der Waals surface area contributed by atoms with E-state index in [-0.39, 0.29) is 17.7 Å². The summed E-state index contributed by atoms with van der Waals surface area (Å²) in [5.41, 5.74) is 3.32. The van der Waals surface area contributed by atoms with Crippen molar-refractivity contribution < 1.29 is 9.59 Å². The van der Waals surface area contributed by atoms with E-state index in [1.54, 1.807) is 24.3 Å². The molecule has 0 spiro atoms. The number of carbonyl (C=O) groups excluding carboxylic acids is 2. The summed E-state index contributed by atoms with van der Waals surface area (Å²) in [6.07, 6.45) is 8.92. The Labute approximate surface area is 207 Å². The second kappa shape index (κ2) is 10.1. The number of carbonyl (C=O) groups is 2. The average Bonchev–Trinajstić information content (AvgIpc) is 2.88. The average molecular weight is 480 g/mol. The summed E-state index contributed by atoms with van der Waals surface area (Å²) in [4.78, 5) is 35.7. The second-order valence-electron chi connectivity index (χ2n) is 10.2. The fourth-order valence-electron chi connectivity index (χ4n) is 6.23. The molecule has 3 heterocycles. The number of amides is 2. The van der Waals surface area contributed by atoms with Crippen LogP contribution in [0, 0.1) is 12.8 Å². The molecule has 2 aliphatic heterocycles. The number of nitrogens with zero attached hydrogens (tertiary/aromatic N) is 3. The predicted octanol–water partition coefficient (Wildman–Crippen LogP) is 5.86. The highest BCUT2D eigenvalue weighted by molar-refractivity contribution is 6.30. The maximum Gasteiger partial charge on any atom is 0.255 e. The highest BCUT2D eigenvalue weighted by Gasteiger charge is 2.37. The van der Waals surface area contributed by atoms with Gasteiger partial charge in [0.2, 0.25) is 0 Å². The van der Waals surface area contributed by atoms with Crippen molar-refractivity contribution in [2.45, 2.75) is 70.3 Å². The van der Waals surface area contributed by atoms with Gasteiger partial charge in [-0.1, -0.05) is 24.4 Å². The van der Waals surface area contributed by atoms with E-state index in [4.69, 9.17) is 16.6 Å². The van der Waals surface area contributed by atoms with Gasteiger partial charge in [-0.2, -0.15) is 0 Å². The van der Waals surface area contributed by atoms with Crippen molar-refractivity contribution in [1.82, 2.24) is 14.8 Å². The first-order valence-corrected chi connectivity index (χ1v) is 13.2. The maximum absolute atomic E-state index is 13.8. The van der Waals surface area contributed by atoms with Gasteiger partial charge in [-0.3, -0.25) is 14.6 Å². The molecular weight excluding hydrogens is 446 g/mol. The van der Waals surface area contributed by atoms with Gasteiger partial charge in [0.1, 0.15) is 0 Å². The summed E-state index contributed by atoms with van der Waals surface area (Å²) < 4.78 is 0. The molecule has 3 aliphatic rings. The van der Waals surface area contributed by atoms with Crippen LogP contribution in [0.3, 0.4) is 0 Å². The van der Waals surface area contributed by atoms with E-state index in [0.29, 0.717) is 35.6 Å². The van der Waals surface area contributed by atoms with Gasteiger partial charge in [0.05, 0.1) is 11.3 Å². The molecule has 0 unspecified atom stereocenters. The van der Waals surface area contributed by atoms with Crippen LogP contribution in [0.2, 0.25) is 5.02 Å². The summed E-state index contributed by atoms with van der Waals surface area (Å²) in [6.45, 7) is 4.20. The Kier molecular flexibility index (Phi) is 6.91. The van der Waals surface area contributed by atoms with E-state index >= 15 is 0 Å². The fraction of sp³-hybridized carbons (Fsp3) is 0.536. The molecule has 1 aliphatic carbocycles. The lowest BCUT2D eigenvalue weighted by atomic mass is 9.78. The molecular formula is C28H34ClN3O2. The first-order valence-electron chi connectivity index (χ1n) is 12.8. The fourth-order valence-corrected chi connectivity index (χ4v) is 6.36. The third-order valence-electron chi connectivity index (χ3n) is 8.06. The van der Waals surface area contributed by atoms with Crippen LogP contribution >= 0.6 is 11.6 Å². The lowest BCUT2D eigenvalue weighted by Gasteiger charge is -2.44. The molecule has 5 nitrogen and oxygen atoms in total. The van der Waals surface area contributed by atoms with Crippen LogP contribution in [-0.4, -0.2) is 52.3 Å². The summed E-state index contributed by atoms with van der Waals surface area (Å²) in [7, 11) is 0. The minimum absolute atomic E-state index is 0.0419. The quantitative estimate of drug-likeness (QED) is 0.554. The topological polar surface area (TPSA) is 53.5 Å². The van der Waals surface area contributed by atoms with Crippen LogP contribution in [0.4, 0.5) is 0 Å². The van der Waals surface area contributed by atoms with Crippen molar-refractivity contribution in [3.05, 3.63) is 63.9 Å². The van der Waals surface area contributed by atoms with E-state index in [1.165, 1.54) is 25.7 Å². The highest BCUT2D eigenvalue weighted by atomic mass is 35.5. The minimum atomic E-state index is 0.0419. The lowest BCUT2D eigenvalue weighted by Crippen LogP contribution is -2.50. The molecule has 1 aromatic heterocycles. The van der Waals surface area contributed by atoms with E-state index in [9.17, 15) is 9.59 Å². The number of rotatable bonds is 3. The number of hydrogen-bond donors (Lipinski definition) is 0. The molecule has 34 heavy (non-hydrogen) atoms. The Morgan fingerprint density at radius 2 is 1.56 bits per heavy atom. The van der Waals surface area contributed by atoms with Crippen LogP contribution in [0.1, 0.15) is 89.4 Å². The molecule has 3 fully saturated rings. The number of fused-ring (bicyclic) bond motifs is 1. The monoisotopic (exact) mass is 479 g/mol. The molecule has 0 radical (unpaired) electrons. The SMILES string of the molecule is Cc1ccc(C(=O)N2CCC[C@@H]3CCCC[C@H]32)c(C2CCN(C(=O)c3ccc(Cl)cc3)CC2)n1. The number of piperidine rings is 2. The lowest BCUT2D eigenvalue weighted by molar-refractivity contribution is 0.0387. The van der Waals surface area contributed by atoms with Gasteiger partial charge in [-0.25, -0.2) is 0 Å². The van der Waals surface area contributed by atoms with Crippen LogP contribution < -0.4 is 0 Å². The van der Waals surface area contributed by atoms with E-state index in [0.717, 1.165) is 49.2 Å². The molecule has 2 aromatic rings. The Morgan fingerprint density at radius 3 is 2.32 bits per heavy atom. The third kappa shape index (κ3) is 4.72. The van der Waals surface area contributed by atoms with Crippen molar-refractivity contribution in [2.75, 3.05) is 19.6 Å². The van der Waals surface area contributed by atoms with Gasteiger partial charge >= 0.3 is 0 Å². The number of hydrogen-bond acceptors (Lipinski definition) is 3. The molecule has 1 saturated carbocycles. The number of likely N-dealkylation sites (tertiary alicyclic amines) is 2. The standard InChI is InChI=1S/C28H34ClN3O2/c1-19-8-13-24(28(34)32-16-4-6-20-5-2-3-7-25(20)32)26(30-19)21-14-17-31(18-15-21)27(33)22-9-11-23(29)12-10-22/h8-13,20-21,25H,2-7,14-18H2,1H3/t20-,25+/m0/s1. The smallest absolute Gasteiger partial charge is 0.255 e. The van der Waals surface area contributed by atoms with Crippen LogP contribution in [-0.2, 0) is 0 Å². The molecule has 180 valence electrons. The number of benzene rings is 1. The number of aryl methyl sites for hydroxylation is 1. The largest absolute Gasteiger partial charge is 0.339 e. The zero-order chi connectivity index (χ0) is 23.7.